The van der Waals surface area contributed by atoms with Gasteiger partial charge < -0.3 is 15.5 Å². The predicted molar refractivity (Wildman–Crippen MR) is 107 cm³/mol. The molecule has 136 valence electrons. The van der Waals surface area contributed by atoms with Crippen molar-refractivity contribution < 1.29 is 9.59 Å². The first-order valence-electron chi connectivity index (χ1n) is 8.81. The molecule has 3 rings (SSSR count). The molecule has 0 atom stereocenters. The van der Waals surface area contributed by atoms with Gasteiger partial charge in [-0.2, -0.15) is 0 Å². The third-order valence-corrected chi connectivity index (χ3v) is 5.06. The Kier molecular flexibility index (Phi) is 6.28. The molecule has 0 unspecified atom stereocenters. The van der Waals surface area contributed by atoms with Crippen molar-refractivity contribution in [2.75, 3.05) is 30.3 Å². The van der Waals surface area contributed by atoms with Gasteiger partial charge >= 0.3 is 0 Å². The second-order valence-electron chi connectivity index (χ2n) is 6.31. The van der Waals surface area contributed by atoms with E-state index in [1.807, 2.05) is 29.2 Å². The van der Waals surface area contributed by atoms with Gasteiger partial charge in [0, 0.05) is 34.5 Å². The van der Waals surface area contributed by atoms with Crippen LogP contribution < -0.4 is 10.6 Å². The van der Waals surface area contributed by atoms with Gasteiger partial charge in [0.15, 0.2) is 0 Å². The summed E-state index contributed by atoms with van der Waals surface area (Å²) in [4.78, 5) is 26.4. The van der Waals surface area contributed by atoms with E-state index < -0.39 is 0 Å². The fraction of sp³-hybridized carbons (Fsp3) is 0.300. The first-order valence-corrected chi connectivity index (χ1v) is 9.60. The molecule has 0 radical (unpaired) electrons. The number of hydrogen-bond donors (Lipinski definition) is 2. The summed E-state index contributed by atoms with van der Waals surface area (Å²) in [5.74, 6) is -0.0750. The molecule has 6 heteroatoms. The standard InChI is InChI=1S/C20H22BrN3O2/c21-17-6-2-3-7-18(17)22-14-19(25)23-16-10-8-15(9-11-16)20(26)24-12-4-1-5-13-24/h2-3,6-11,22H,1,4-5,12-14H2,(H,23,25). The molecule has 0 saturated carbocycles. The van der Waals surface area contributed by atoms with Crippen molar-refractivity contribution in [2.24, 2.45) is 0 Å². The second-order valence-corrected chi connectivity index (χ2v) is 7.17. The Labute approximate surface area is 161 Å². The van der Waals surface area contributed by atoms with E-state index in [1.54, 1.807) is 24.3 Å². The molecule has 1 saturated heterocycles. The molecular weight excluding hydrogens is 394 g/mol. The molecule has 0 bridgehead atoms. The Morgan fingerprint density at radius 2 is 1.65 bits per heavy atom. The van der Waals surface area contributed by atoms with Crippen molar-refractivity contribution in [3.05, 3.63) is 58.6 Å². The number of amides is 2. The van der Waals surface area contributed by atoms with E-state index in [1.165, 1.54) is 6.42 Å². The molecule has 2 aromatic carbocycles. The lowest BCUT2D eigenvalue weighted by atomic mass is 10.1. The number of piperidine rings is 1. The van der Waals surface area contributed by atoms with Gasteiger partial charge in [-0.3, -0.25) is 9.59 Å². The molecule has 5 nitrogen and oxygen atoms in total. The highest BCUT2D eigenvalue weighted by Gasteiger charge is 2.17. The van der Waals surface area contributed by atoms with Crippen molar-refractivity contribution >= 4 is 39.1 Å². The summed E-state index contributed by atoms with van der Waals surface area (Å²) in [6.45, 7) is 1.83. The Morgan fingerprint density at radius 3 is 2.35 bits per heavy atom. The fourth-order valence-corrected chi connectivity index (χ4v) is 3.39. The minimum absolute atomic E-state index is 0.0678. The van der Waals surface area contributed by atoms with Crippen LogP contribution in [0.25, 0.3) is 0 Å². The monoisotopic (exact) mass is 415 g/mol. The highest BCUT2D eigenvalue weighted by atomic mass is 79.9. The zero-order valence-electron chi connectivity index (χ0n) is 14.5. The topological polar surface area (TPSA) is 61.4 Å². The SMILES string of the molecule is O=C(CNc1ccccc1Br)Nc1ccc(C(=O)N2CCCCC2)cc1. The fourth-order valence-electron chi connectivity index (χ4n) is 2.96. The Morgan fingerprint density at radius 1 is 0.962 bits per heavy atom. The van der Waals surface area contributed by atoms with E-state index in [-0.39, 0.29) is 18.4 Å². The smallest absolute Gasteiger partial charge is 0.253 e. The van der Waals surface area contributed by atoms with Gasteiger partial charge in [0.05, 0.1) is 6.54 Å². The molecule has 0 aromatic heterocycles. The lowest BCUT2D eigenvalue weighted by Gasteiger charge is -2.26. The maximum Gasteiger partial charge on any atom is 0.253 e. The van der Waals surface area contributed by atoms with Crippen LogP contribution in [0.5, 0.6) is 0 Å². The molecule has 1 fully saturated rings. The van der Waals surface area contributed by atoms with Gasteiger partial charge in [0.25, 0.3) is 5.91 Å². The van der Waals surface area contributed by atoms with E-state index in [9.17, 15) is 9.59 Å². The number of halogens is 1. The number of carbonyl (C=O) groups is 2. The number of anilines is 2. The lowest BCUT2D eigenvalue weighted by molar-refractivity contribution is -0.114. The third-order valence-electron chi connectivity index (χ3n) is 4.37. The van der Waals surface area contributed by atoms with Crippen LogP contribution in [0, 0.1) is 0 Å². The van der Waals surface area contributed by atoms with Gasteiger partial charge in [-0.15, -0.1) is 0 Å². The summed E-state index contributed by atoms with van der Waals surface area (Å²) in [7, 11) is 0. The number of carbonyl (C=O) groups excluding carboxylic acids is 2. The van der Waals surface area contributed by atoms with Crippen LogP contribution in [0.2, 0.25) is 0 Å². The normalized spacial score (nSPS) is 14.0. The zero-order chi connectivity index (χ0) is 18.4. The first-order chi connectivity index (χ1) is 12.6. The highest BCUT2D eigenvalue weighted by Crippen LogP contribution is 2.21. The average Bonchev–Trinajstić information content (AvgIpc) is 2.68. The zero-order valence-corrected chi connectivity index (χ0v) is 16.1. The van der Waals surface area contributed by atoms with E-state index >= 15 is 0 Å². The number of benzene rings is 2. The number of para-hydroxylation sites is 1. The summed E-state index contributed by atoms with van der Waals surface area (Å²) in [5.41, 5.74) is 2.21. The molecule has 2 amide bonds. The van der Waals surface area contributed by atoms with Crippen molar-refractivity contribution in [1.82, 2.24) is 4.90 Å². The van der Waals surface area contributed by atoms with Crippen LogP contribution in [0.4, 0.5) is 11.4 Å². The number of likely N-dealkylation sites (tertiary alicyclic amines) is 1. The summed E-state index contributed by atoms with van der Waals surface area (Å²) in [5, 5.41) is 5.92. The van der Waals surface area contributed by atoms with Gasteiger partial charge in [0.1, 0.15) is 0 Å². The van der Waals surface area contributed by atoms with E-state index in [2.05, 4.69) is 26.6 Å². The lowest BCUT2D eigenvalue weighted by Crippen LogP contribution is -2.35. The molecule has 1 aliphatic heterocycles. The van der Waals surface area contributed by atoms with E-state index in [0.29, 0.717) is 11.3 Å². The Balaban J connectivity index is 1.52. The molecule has 0 aliphatic carbocycles. The van der Waals surface area contributed by atoms with Crippen LogP contribution >= 0.6 is 15.9 Å². The van der Waals surface area contributed by atoms with Crippen molar-refractivity contribution in [1.29, 1.82) is 0 Å². The van der Waals surface area contributed by atoms with Crippen LogP contribution in [0.3, 0.4) is 0 Å². The number of nitrogens with zero attached hydrogens (tertiary/aromatic N) is 1. The van der Waals surface area contributed by atoms with Crippen LogP contribution in [0.15, 0.2) is 53.0 Å². The second kappa shape index (κ2) is 8.85. The maximum absolute atomic E-state index is 12.4. The Hall–Kier alpha value is -2.34. The summed E-state index contributed by atoms with van der Waals surface area (Å²) < 4.78 is 0.911. The summed E-state index contributed by atoms with van der Waals surface area (Å²) >= 11 is 3.44. The van der Waals surface area contributed by atoms with Crippen molar-refractivity contribution in [3.8, 4) is 0 Å². The number of hydrogen-bond acceptors (Lipinski definition) is 3. The largest absolute Gasteiger partial charge is 0.375 e. The molecule has 2 aromatic rings. The first kappa shape index (κ1) is 18.5. The van der Waals surface area contributed by atoms with E-state index in [0.717, 1.165) is 36.1 Å². The molecular formula is C20H22BrN3O2. The highest BCUT2D eigenvalue weighted by molar-refractivity contribution is 9.10. The van der Waals surface area contributed by atoms with Crippen molar-refractivity contribution in [3.63, 3.8) is 0 Å². The molecule has 0 spiro atoms. The van der Waals surface area contributed by atoms with Crippen LogP contribution in [-0.2, 0) is 4.79 Å². The van der Waals surface area contributed by atoms with Gasteiger partial charge in [-0.1, -0.05) is 12.1 Å². The number of nitrogens with one attached hydrogen (secondary N) is 2. The van der Waals surface area contributed by atoms with Crippen LogP contribution in [0.1, 0.15) is 29.6 Å². The van der Waals surface area contributed by atoms with Gasteiger partial charge in [-0.25, -0.2) is 0 Å². The summed E-state index contributed by atoms with van der Waals surface area (Å²) in [6.07, 6.45) is 3.34. The molecule has 26 heavy (non-hydrogen) atoms. The quantitative estimate of drug-likeness (QED) is 0.771. The minimum Gasteiger partial charge on any atom is -0.375 e. The van der Waals surface area contributed by atoms with Crippen molar-refractivity contribution in [2.45, 2.75) is 19.3 Å². The van der Waals surface area contributed by atoms with Gasteiger partial charge in [-0.05, 0) is 71.6 Å². The van der Waals surface area contributed by atoms with Crippen LogP contribution in [-0.4, -0.2) is 36.3 Å². The Bertz CT molecular complexity index is 771. The van der Waals surface area contributed by atoms with Gasteiger partial charge in [0.2, 0.25) is 5.91 Å². The predicted octanol–water partition coefficient (Wildman–Crippen LogP) is 4.13. The molecule has 1 aliphatic rings. The average molecular weight is 416 g/mol. The minimum atomic E-state index is -0.143. The molecule has 1 heterocycles. The molecule has 2 N–H and O–H groups in total. The summed E-state index contributed by atoms with van der Waals surface area (Å²) in [6, 6.07) is 14.7. The third kappa shape index (κ3) is 4.85. The number of rotatable bonds is 5. The maximum atomic E-state index is 12.4. The van der Waals surface area contributed by atoms with E-state index in [4.69, 9.17) is 0 Å².